The molecule has 5 rings (SSSR count). The summed E-state index contributed by atoms with van der Waals surface area (Å²) < 4.78 is 39.0. The van der Waals surface area contributed by atoms with Crippen molar-refractivity contribution in [2.75, 3.05) is 4.90 Å². The van der Waals surface area contributed by atoms with E-state index in [1.165, 1.54) is 23.1 Å². The number of nitrogens with zero attached hydrogens (tertiary/aromatic N) is 2. The number of ketones is 1. The van der Waals surface area contributed by atoms with Crippen molar-refractivity contribution in [1.29, 1.82) is 0 Å². The number of hydrogen-bond donors (Lipinski definition) is 0. The lowest BCUT2D eigenvalue weighted by Gasteiger charge is -2.36. The van der Waals surface area contributed by atoms with E-state index in [1.54, 1.807) is 19.1 Å². The van der Waals surface area contributed by atoms with Crippen molar-refractivity contribution in [3.63, 3.8) is 0 Å². The average Bonchev–Trinajstić information content (AvgIpc) is 3.24. The topological polar surface area (TPSA) is 72.6 Å². The Morgan fingerprint density at radius 3 is 2.76 bits per heavy atom. The number of fused-ring (bicyclic) bond motifs is 1. The van der Waals surface area contributed by atoms with Crippen LogP contribution in [0, 0.1) is 18.7 Å². The summed E-state index contributed by atoms with van der Waals surface area (Å²) in [7, 11) is 0. The second kappa shape index (κ2) is 6.50. The number of anilines is 1. The number of benzene rings is 1. The largest absolute Gasteiger partial charge is 0.483 e. The number of halogens is 2. The predicted octanol–water partition coefficient (Wildman–Crippen LogP) is 3.57. The zero-order valence-electron chi connectivity index (χ0n) is 15.6. The monoisotopic (exact) mass is 400 g/mol. The summed E-state index contributed by atoms with van der Waals surface area (Å²) in [5.74, 6) is -1.36. The maximum atomic E-state index is 14.0. The lowest BCUT2D eigenvalue weighted by Crippen LogP contribution is -2.42. The Kier molecular flexibility index (Phi) is 4.04. The second-order valence-corrected chi connectivity index (χ2v) is 7.71. The lowest BCUT2D eigenvalue weighted by atomic mass is 9.77. The fourth-order valence-corrected chi connectivity index (χ4v) is 4.51. The number of aromatic nitrogens is 1. The third-order valence-electron chi connectivity index (χ3n) is 5.81. The molecule has 4 unspecified atom stereocenters. The molecule has 3 heterocycles. The van der Waals surface area contributed by atoms with Crippen molar-refractivity contribution in [2.45, 2.75) is 44.5 Å². The fraction of sp³-hybridized carbons (Fsp3) is 0.381. The molecule has 6 nitrogen and oxygen atoms in total. The maximum Gasteiger partial charge on any atom is 0.295 e. The minimum Gasteiger partial charge on any atom is -0.483 e. The van der Waals surface area contributed by atoms with Gasteiger partial charge in [0.1, 0.15) is 23.9 Å². The van der Waals surface area contributed by atoms with E-state index < -0.39 is 36.0 Å². The van der Waals surface area contributed by atoms with E-state index >= 15 is 0 Å². The number of aryl methyl sites for hydroxylation is 1. The third-order valence-corrected chi connectivity index (χ3v) is 5.81. The van der Waals surface area contributed by atoms with Crippen LogP contribution in [0.5, 0.6) is 0 Å². The zero-order chi connectivity index (χ0) is 20.3. The highest BCUT2D eigenvalue weighted by atomic mass is 19.1. The highest BCUT2D eigenvalue weighted by Gasteiger charge is 2.54. The molecule has 8 heteroatoms. The summed E-state index contributed by atoms with van der Waals surface area (Å²) in [4.78, 5) is 27.9. The van der Waals surface area contributed by atoms with Crippen LogP contribution in [0.3, 0.4) is 0 Å². The van der Waals surface area contributed by atoms with E-state index in [2.05, 4.69) is 5.16 Å². The number of hydrogen-bond acceptors (Lipinski definition) is 5. The molecule has 0 radical (unpaired) electrons. The molecule has 0 spiro atoms. The molecule has 3 aliphatic rings. The van der Waals surface area contributed by atoms with Gasteiger partial charge in [-0.25, -0.2) is 8.78 Å². The molecule has 1 aromatic carbocycles. The quantitative estimate of drug-likeness (QED) is 0.771. The summed E-state index contributed by atoms with van der Waals surface area (Å²) in [5, 5.41) is 3.91. The van der Waals surface area contributed by atoms with Crippen LogP contribution in [0.15, 0.2) is 46.2 Å². The van der Waals surface area contributed by atoms with Crippen LogP contribution >= 0.6 is 0 Å². The smallest absolute Gasteiger partial charge is 0.295 e. The van der Waals surface area contributed by atoms with Crippen LogP contribution in [0.25, 0.3) is 0 Å². The van der Waals surface area contributed by atoms with Gasteiger partial charge in [-0.15, -0.1) is 0 Å². The van der Waals surface area contributed by atoms with Crippen LogP contribution in [-0.4, -0.2) is 29.1 Å². The molecule has 150 valence electrons. The minimum absolute atomic E-state index is 0.0523. The van der Waals surface area contributed by atoms with Crippen molar-refractivity contribution >= 4 is 17.5 Å². The van der Waals surface area contributed by atoms with Crippen LogP contribution in [-0.2, 0) is 14.3 Å². The normalized spacial score (nSPS) is 29.0. The van der Waals surface area contributed by atoms with E-state index in [0.717, 1.165) is 0 Å². The van der Waals surface area contributed by atoms with Crippen molar-refractivity contribution in [2.24, 2.45) is 5.92 Å². The summed E-state index contributed by atoms with van der Waals surface area (Å²) in [6.45, 7) is 1.68. The molecule has 0 saturated heterocycles. The van der Waals surface area contributed by atoms with E-state index in [4.69, 9.17) is 9.26 Å². The van der Waals surface area contributed by atoms with Gasteiger partial charge in [-0.1, -0.05) is 17.3 Å². The highest BCUT2D eigenvalue weighted by molar-refractivity contribution is 6.17. The Hall–Kier alpha value is -3.03. The van der Waals surface area contributed by atoms with E-state index in [9.17, 15) is 18.4 Å². The van der Waals surface area contributed by atoms with Gasteiger partial charge in [0.25, 0.3) is 5.91 Å². The van der Waals surface area contributed by atoms with Gasteiger partial charge in [-0.2, -0.15) is 0 Å². The predicted molar refractivity (Wildman–Crippen MR) is 97.0 cm³/mol. The number of Topliss-reactive ketones (excluding diaryl/α,β-unsaturated/α-hetero) is 1. The molecule has 29 heavy (non-hydrogen) atoms. The summed E-state index contributed by atoms with van der Waals surface area (Å²) in [6, 6.07) is 6.35. The van der Waals surface area contributed by atoms with Gasteiger partial charge in [-0.3, -0.25) is 14.5 Å². The minimum atomic E-state index is -1.08. The molecule has 1 amide bonds. The Labute approximate surface area is 165 Å². The molecule has 1 aromatic heterocycles. The van der Waals surface area contributed by atoms with Crippen LogP contribution in [0.4, 0.5) is 14.6 Å². The molecular formula is C21H18F2N2O4. The highest BCUT2D eigenvalue weighted by Crippen LogP contribution is 2.48. The number of rotatable bonds is 2. The van der Waals surface area contributed by atoms with E-state index in [1.807, 2.05) is 0 Å². The fourth-order valence-electron chi connectivity index (χ4n) is 4.51. The molecule has 1 saturated carbocycles. The van der Waals surface area contributed by atoms with Crippen LogP contribution in [0.1, 0.15) is 36.6 Å². The molecule has 2 aliphatic heterocycles. The Morgan fingerprint density at radius 2 is 2.03 bits per heavy atom. The number of ether oxygens (including phenoxy) is 1. The zero-order valence-corrected chi connectivity index (χ0v) is 15.6. The van der Waals surface area contributed by atoms with Crippen LogP contribution in [0.2, 0.25) is 0 Å². The molecule has 2 aromatic rings. The molecule has 0 bridgehead atoms. The van der Waals surface area contributed by atoms with Crippen LogP contribution < -0.4 is 4.90 Å². The maximum absolute atomic E-state index is 14.0. The second-order valence-electron chi connectivity index (χ2n) is 7.71. The van der Waals surface area contributed by atoms with Gasteiger partial charge >= 0.3 is 0 Å². The Balaban J connectivity index is 1.65. The summed E-state index contributed by atoms with van der Waals surface area (Å²) in [6.07, 6.45) is -0.873. The van der Waals surface area contributed by atoms with Gasteiger partial charge in [0.2, 0.25) is 0 Å². The Bertz CT molecular complexity index is 1050. The van der Waals surface area contributed by atoms with Gasteiger partial charge in [-0.05, 0) is 43.9 Å². The molecule has 0 N–H and O–H groups in total. The average molecular weight is 400 g/mol. The van der Waals surface area contributed by atoms with E-state index in [0.29, 0.717) is 24.2 Å². The van der Waals surface area contributed by atoms with Gasteiger partial charge in [0.15, 0.2) is 17.4 Å². The van der Waals surface area contributed by atoms with Gasteiger partial charge in [0.05, 0.1) is 17.5 Å². The van der Waals surface area contributed by atoms with Crippen molar-refractivity contribution in [3.05, 3.63) is 58.8 Å². The molecular weight excluding hydrogens is 382 g/mol. The van der Waals surface area contributed by atoms with Crippen molar-refractivity contribution in [1.82, 2.24) is 5.16 Å². The first kappa shape index (κ1) is 18.0. The number of carbonyl (C=O) groups excluding carboxylic acids is 2. The van der Waals surface area contributed by atoms with Gasteiger partial charge < -0.3 is 9.26 Å². The first-order valence-electron chi connectivity index (χ1n) is 9.55. The lowest BCUT2D eigenvalue weighted by molar-refractivity contribution is -0.133. The first-order chi connectivity index (χ1) is 13.9. The summed E-state index contributed by atoms with van der Waals surface area (Å²) in [5.41, 5.74) is 0.545. The number of alkyl halides is 1. The SMILES string of the molecule is Cc1cc(N2C(=O)C3=C(C(=O)C4CC(F)CCC4O3)C2c2cccc(F)c2)no1. The third kappa shape index (κ3) is 2.77. The number of carbonyl (C=O) groups is 2. The van der Waals surface area contributed by atoms with Gasteiger partial charge in [0, 0.05) is 6.07 Å². The van der Waals surface area contributed by atoms with Crippen molar-refractivity contribution < 1.29 is 27.6 Å². The molecule has 4 atom stereocenters. The van der Waals surface area contributed by atoms with E-state index in [-0.39, 0.29) is 29.4 Å². The standard InChI is InChI=1S/C21H18F2N2O4/c1-10-7-16(24-29-10)25-18(11-3-2-4-12(22)8-11)17-19(26)14-9-13(23)5-6-15(14)28-20(17)21(25)27/h2-4,7-8,13-15,18H,5-6,9H2,1H3. The number of amides is 1. The van der Waals surface area contributed by atoms with Crippen molar-refractivity contribution in [3.8, 4) is 0 Å². The Morgan fingerprint density at radius 1 is 1.21 bits per heavy atom. The molecule has 1 aliphatic carbocycles. The first-order valence-corrected chi connectivity index (χ1v) is 9.55. The summed E-state index contributed by atoms with van der Waals surface area (Å²) >= 11 is 0. The molecule has 1 fully saturated rings.